The normalized spacial score (nSPS) is 13.5. The highest BCUT2D eigenvalue weighted by Crippen LogP contribution is 2.55. The number of fused-ring (bicyclic) bond motifs is 17. The number of hydrogen-bond donors (Lipinski definition) is 0. The fourth-order valence-corrected chi connectivity index (χ4v) is 19.8. The fourth-order valence-electron chi connectivity index (χ4n) is 18.7. The van der Waals surface area contributed by atoms with E-state index in [0.29, 0.717) is 0 Å². The first kappa shape index (κ1) is 58.6. The molecule has 0 radical (unpaired) electrons. The maximum absolute atomic E-state index is 8.07. The first-order valence-corrected chi connectivity index (χ1v) is 37.2. The molecule has 9 heteroatoms. The van der Waals surface area contributed by atoms with Gasteiger partial charge in [0.15, 0.2) is 0 Å². The Bertz CT molecular complexity index is 6380. The first-order chi connectivity index (χ1) is 52.1. The van der Waals surface area contributed by atoms with Gasteiger partial charge in [-0.2, -0.15) is 0 Å². The average molecular weight is 1350 g/mol. The van der Waals surface area contributed by atoms with E-state index in [1.54, 1.807) is 0 Å². The molecule has 17 aromatic rings. The second kappa shape index (κ2) is 22.7. The number of benzene rings is 16. The highest BCUT2D eigenvalue weighted by atomic mass is 32.1. The molecule has 0 N–H and O–H groups in total. The fraction of sp³-hybridized carbons (Fsp3) is 0. The molecule has 0 bridgehead atoms. The van der Waals surface area contributed by atoms with E-state index in [1.807, 2.05) is 11.3 Å². The second-order valence-corrected chi connectivity index (χ2v) is 29.6. The molecule has 0 aliphatic carbocycles. The van der Waals surface area contributed by atoms with E-state index in [0.717, 1.165) is 124 Å². The molecule has 1 aromatic heterocycles. The monoisotopic (exact) mass is 1350 g/mol. The molecule has 23 rings (SSSR count). The topological polar surface area (TPSA) is 22.2 Å². The summed E-state index contributed by atoms with van der Waals surface area (Å²) >= 11 is 1.86. The molecule has 0 saturated heterocycles. The van der Waals surface area contributed by atoms with E-state index in [4.69, 9.17) is 4.74 Å². The van der Waals surface area contributed by atoms with E-state index in [9.17, 15) is 0 Å². The Morgan fingerprint density at radius 1 is 0.219 bits per heavy atom. The highest BCUT2D eigenvalue weighted by Gasteiger charge is 2.53. The van der Waals surface area contributed by atoms with Gasteiger partial charge in [-0.15, -0.1) is 11.3 Å². The zero-order valence-corrected chi connectivity index (χ0v) is 57.7. The Labute approximate surface area is 614 Å². The Hall–Kier alpha value is -13.1. The standard InChI is InChI=1S/C96H59B3N4OS/c1-6-27-60(28-7-1)65-51-66(61-29-8-2-9-30-61)53-69(52-65)101-81-45-22-18-41-75(81)99-79-57-78-84(59-88(79)104-89-56-67(55-85(101)92(89)99)64-49-50-91-73(54-64)72-37-16-25-48-90(72)105-91)103(95-70(62-31-10-3-11-32-62)38-26-39-71(95)63-33-12-4-13-34-63)87-58-86-93-96-94(87)98(78)77-43-20-24-47-83(77)102(96)82-46-23-19-42-76(82)97(93)74-40-17-21-44-80(74)100(86)68-35-14-5-15-36-68/h1-59H. The molecule has 0 spiro atoms. The number of anilines is 12. The smallest absolute Gasteiger partial charge is 0.256 e. The Morgan fingerprint density at radius 2 is 0.667 bits per heavy atom. The summed E-state index contributed by atoms with van der Waals surface area (Å²) in [4.78, 5) is 10.4. The first-order valence-electron chi connectivity index (χ1n) is 36.4. The zero-order chi connectivity index (χ0) is 68.5. The molecule has 7 heterocycles. The van der Waals surface area contributed by atoms with Crippen LogP contribution in [0, 0.1) is 0 Å². The van der Waals surface area contributed by atoms with Crippen LogP contribution in [0.15, 0.2) is 358 Å². The van der Waals surface area contributed by atoms with Crippen LogP contribution in [-0.4, -0.2) is 20.1 Å². The summed E-state index contributed by atoms with van der Waals surface area (Å²) in [6.07, 6.45) is 0. The van der Waals surface area contributed by atoms with Crippen molar-refractivity contribution in [1.82, 2.24) is 0 Å². The van der Waals surface area contributed by atoms with E-state index in [1.165, 1.54) is 81.2 Å². The lowest BCUT2D eigenvalue weighted by Gasteiger charge is -2.51. The van der Waals surface area contributed by atoms with E-state index < -0.39 is 0 Å². The molecule has 0 fully saturated rings. The zero-order valence-electron chi connectivity index (χ0n) is 56.9. The predicted molar refractivity (Wildman–Crippen MR) is 446 cm³/mol. The summed E-state index contributed by atoms with van der Waals surface area (Å²) in [5, 5.41) is 2.52. The largest absolute Gasteiger partial charge is 0.458 e. The Morgan fingerprint density at radius 3 is 1.26 bits per heavy atom. The SMILES string of the molecule is c1ccc(-c2cc(-c3ccccc3)cc(N3c4ccccc4B4c5cc6c(cc5Oc5cc(-c7ccc8sc9ccccc9c8c7)cc3c54)N(c3c(-c4ccccc4)cccc3-c3ccccc3)c3cc4c5c7c3B6c3ccccc3N7c3ccccc3B5c3ccccc3N4c3ccccc3)c2)cc1. The summed E-state index contributed by atoms with van der Waals surface area (Å²) in [6.45, 7) is -0.529. The number of ether oxygens (including phenoxy) is 1. The predicted octanol–water partition coefficient (Wildman–Crippen LogP) is 19.5. The third-order valence-corrected chi connectivity index (χ3v) is 24.2. The van der Waals surface area contributed by atoms with E-state index >= 15 is 0 Å². The van der Waals surface area contributed by atoms with Crippen molar-refractivity contribution < 1.29 is 4.74 Å². The third kappa shape index (κ3) is 8.62. The van der Waals surface area contributed by atoms with Crippen molar-refractivity contribution >= 4 is 169 Å². The van der Waals surface area contributed by atoms with Crippen molar-refractivity contribution in [2.45, 2.75) is 0 Å². The third-order valence-electron chi connectivity index (χ3n) is 23.0. The quantitative estimate of drug-likeness (QED) is 0.141. The van der Waals surface area contributed by atoms with Gasteiger partial charge >= 0.3 is 0 Å². The maximum Gasteiger partial charge on any atom is 0.256 e. The summed E-state index contributed by atoms with van der Waals surface area (Å²) in [6, 6.07) is 134. The van der Waals surface area contributed by atoms with Crippen LogP contribution in [0.3, 0.4) is 0 Å². The van der Waals surface area contributed by atoms with Gasteiger partial charge in [0.1, 0.15) is 11.5 Å². The van der Waals surface area contributed by atoms with Gasteiger partial charge in [0.2, 0.25) is 0 Å². The van der Waals surface area contributed by atoms with Crippen LogP contribution in [0.5, 0.6) is 11.5 Å². The van der Waals surface area contributed by atoms with Crippen molar-refractivity contribution in [2.24, 2.45) is 0 Å². The van der Waals surface area contributed by atoms with Gasteiger partial charge in [-0.25, -0.2) is 0 Å². The van der Waals surface area contributed by atoms with E-state index in [-0.39, 0.29) is 20.1 Å². The molecular formula is C96H59B3N4OS. The molecule has 6 aliphatic rings. The van der Waals surface area contributed by atoms with Gasteiger partial charge in [-0.1, -0.05) is 261 Å². The Balaban J connectivity index is 0.835. The van der Waals surface area contributed by atoms with Crippen LogP contribution in [0.1, 0.15) is 0 Å². The van der Waals surface area contributed by atoms with E-state index in [2.05, 4.69) is 378 Å². The van der Waals surface area contributed by atoms with Gasteiger partial charge in [0, 0.05) is 99.9 Å². The molecule has 0 saturated carbocycles. The highest BCUT2D eigenvalue weighted by molar-refractivity contribution is 7.25. The lowest BCUT2D eigenvalue weighted by Crippen LogP contribution is -2.69. The lowest BCUT2D eigenvalue weighted by atomic mass is 9.28. The van der Waals surface area contributed by atoms with Gasteiger partial charge in [0.05, 0.1) is 5.69 Å². The molecule has 5 nitrogen and oxygen atoms in total. The van der Waals surface area contributed by atoms with Gasteiger partial charge < -0.3 is 24.3 Å². The minimum Gasteiger partial charge on any atom is -0.458 e. The van der Waals surface area contributed by atoms with Crippen LogP contribution in [0.25, 0.3) is 75.8 Å². The molecule has 484 valence electrons. The summed E-state index contributed by atoms with van der Waals surface area (Å²) in [5.74, 6) is 1.67. The van der Waals surface area contributed by atoms with Crippen LogP contribution >= 0.6 is 11.3 Å². The molecular weight excluding hydrogens is 1290 g/mol. The number of thiophene rings is 1. The minimum absolute atomic E-state index is 0.0664. The van der Waals surface area contributed by atoms with Crippen molar-refractivity contribution in [3.05, 3.63) is 358 Å². The maximum atomic E-state index is 8.07. The Kier molecular flexibility index (Phi) is 12.7. The molecule has 6 aliphatic heterocycles. The summed E-state index contributed by atoms with van der Waals surface area (Å²) in [5.41, 5.74) is 36.2. The van der Waals surface area contributed by atoms with Crippen molar-refractivity contribution in [2.75, 3.05) is 19.6 Å². The minimum atomic E-state index is -0.240. The number of hydrogen-bond acceptors (Lipinski definition) is 6. The van der Waals surface area contributed by atoms with Crippen molar-refractivity contribution in [3.8, 4) is 67.1 Å². The van der Waals surface area contributed by atoms with Gasteiger partial charge in [0.25, 0.3) is 20.1 Å². The number of nitrogens with zero attached hydrogens (tertiary/aromatic N) is 4. The van der Waals surface area contributed by atoms with Crippen LogP contribution in [0.2, 0.25) is 0 Å². The summed E-state index contributed by atoms with van der Waals surface area (Å²) < 4.78 is 10.6. The van der Waals surface area contributed by atoms with Crippen LogP contribution in [0.4, 0.5) is 68.2 Å². The summed E-state index contributed by atoms with van der Waals surface area (Å²) in [7, 11) is 0. The van der Waals surface area contributed by atoms with Crippen molar-refractivity contribution in [1.29, 1.82) is 0 Å². The molecule has 16 aromatic carbocycles. The molecule has 105 heavy (non-hydrogen) atoms. The lowest BCUT2D eigenvalue weighted by molar-refractivity contribution is 0.488. The number of para-hydroxylation sites is 6. The van der Waals surface area contributed by atoms with Crippen LogP contribution in [-0.2, 0) is 0 Å². The second-order valence-electron chi connectivity index (χ2n) is 28.5. The number of rotatable bonds is 8. The molecule has 0 unspecified atom stereocenters. The van der Waals surface area contributed by atoms with Gasteiger partial charge in [-0.3, -0.25) is 0 Å². The van der Waals surface area contributed by atoms with Gasteiger partial charge in [-0.05, 0) is 185 Å². The molecule has 0 atom stereocenters. The molecule has 0 amide bonds. The van der Waals surface area contributed by atoms with Crippen molar-refractivity contribution in [3.63, 3.8) is 0 Å². The average Bonchev–Trinajstić information content (AvgIpc) is 0.921. The van der Waals surface area contributed by atoms with Crippen LogP contribution < -0.4 is 73.5 Å².